The Bertz CT molecular complexity index is 219. The second-order valence-corrected chi connectivity index (χ2v) is 14.0. The van der Waals surface area contributed by atoms with Crippen molar-refractivity contribution in [2.24, 2.45) is 0 Å². The summed E-state index contributed by atoms with van der Waals surface area (Å²) < 4.78 is 0. The van der Waals surface area contributed by atoms with E-state index in [2.05, 4.69) is 18.3 Å². The topological polar surface area (TPSA) is 47.6 Å². The largest absolute Gasteiger partial charge is 0.207 e. The minimum absolute atomic E-state index is 0.347. The first-order valence-electron chi connectivity index (χ1n) is 4.10. The molecule has 12 heavy (non-hydrogen) atoms. The van der Waals surface area contributed by atoms with Crippen LogP contribution in [0.2, 0.25) is 31.4 Å². The van der Waals surface area contributed by atoms with E-state index in [0.29, 0.717) is 5.16 Å². The van der Waals surface area contributed by atoms with Crippen LogP contribution in [-0.2, 0) is 0 Å². The highest BCUT2D eigenvalue weighted by atomic mass is 28.4. The van der Waals surface area contributed by atoms with E-state index in [9.17, 15) is 0 Å². The van der Waals surface area contributed by atoms with Crippen LogP contribution in [0.3, 0.4) is 0 Å². The highest BCUT2D eigenvalue weighted by Crippen LogP contribution is 2.30. The van der Waals surface area contributed by atoms with Crippen LogP contribution in [0.15, 0.2) is 0 Å². The molecule has 66 valence electrons. The van der Waals surface area contributed by atoms with E-state index in [-0.39, 0.29) is 0 Å². The standard InChI is InChI=1S/C8H16N2Si2/c1-8(11(2,3)6-9)12(4,5)7-10/h8H,1-5H3. The van der Waals surface area contributed by atoms with Crippen LogP contribution >= 0.6 is 0 Å². The molecule has 0 amide bonds. The van der Waals surface area contributed by atoms with Crippen LogP contribution in [0, 0.1) is 21.9 Å². The molecular formula is C8H16N2Si2. The summed E-state index contributed by atoms with van der Waals surface area (Å²) in [5.41, 5.74) is 4.81. The van der Waals surface area contributed by atoms with Crippen molar-refractivity contribution in [2.75, 3.05) is 0 Å². The van der Waals surface area contributed by atoms with Gasteiger partial charge in [0.05, 0.1) is 0 Å². The van der Waals surface area contributed by atoms with Gasteiger partial charge in [-0.3, -0.25) is 0 Å². The summed E-state index contributed by atoms with van der Waals surface area (Å²) in [5, 5.41) is 18.2. The summed E-state index contributed by atoms with van der Waals surface area (Å²) in [6.45, 7) is 10.3. The fraction of sp³-hybridized carbons (Fsp3) is 0.750. The summed E-state index contributed by atoms with van der Waals surface area (Å²) in [6, 6.07) is 0. The number of hydrogen-bond donors (Lipinski definition) is 0. The van der Waals surface area contributed by atoms with E-state index < -0.39 is 16.1 Å². The molecule has 0 aromatic heterocycles. The van der Waals surface area contributed by atoms with Gasteiger partial charge in [0.2, 0.25) is 0 Å². The predicted octanol–water partition coefficient (Wildman–Crippen LogP) is 2.46. The second-order valence-electron chi connectivity index (χ2n) is 4.39. The highest BCUT2D eigenvalue weighted by Gasteiger charge is 2.41. The molecule has 0 aliphatic heterocycles. The lowest BCUT2D eigenvalue weighted by Crippen LogP contribution is -2.44. The van der Waals surface area contributed by atoms with E-state index in [4.69, 9.17) is 10.5 Å². The third kappa shape index (κ3) is 2.20. The number of nitriles is 2. The lowest BCUT2D eigenvalue weighted by atomic mass is 10.9. The van der Waals surface area contributed by atoms with E-state index >= 15 is 0 Å². The van der Waals surface area contributed by atoms with E-state index in [1.54, 1.807) is 0 Å². The molecule has 0 fully saturated rings. The zero-order chi connectivity index (χ0) is 9.99. The maximum absolute atomic E-state index is 8.95. The summed E-state index contributed by atoms with van der Waals surface area (Å²) in [5.74, 6) is 0. The minimum Gasteiger partial charge on any atom is -0.207 e. The van der Waals surface area contributed by atoms with Crippen LogP contribution in [0.25, 0.3) is 0 Å². The molecule has 0 bridgehead atoms. The lowest BCUT2D eigenvalue weighted by molar-refractivity contribution is 1.20. The molecule has 4 heteroatoms. The van der Waals surface area contributed by atoms with Crippen molar-refractivity contribution >= 4 is 16.1 Å². The monoisotopic (exact) mass is 196 g/mol. The molecule has 0 aliphatic carbocycles. The molecule has 2 nitrogen and oxygen atoms in total. The smallest absolute Gasteiger partial charge is 0.168 e. The van der Waals surface area contributed by atoms with Crippen LogP contribution < -0.4 is 0 Å². The molecule has 0 aliphatic rings. The molecule has 0 saturated carbocycles. The van der Waals surface area contributed by atoms with Crippen LogP contribution in [-0.4, -0.2) is 16.1 Å². The Kier molecular flexibility index (Phi) is 3.26. The molecular weight excluding hydrogens is 180 g/mol. The van der Waals surface area contributed by atoms with Gasteiger partial charge < -0.3 is 0 Å². The first kappa shape index (κ1) is 11.4. The SMILES string of the molecule is CC([Si](C)(C)C#N)[Si](C)(C)C#N. The maximum Gasteiger partial charge on any atom is 0.168 e. The molecule has 0 radical (unpaired) electrons. The third-order valence-electron chi connectivity index (χ3n) is 2.74. The Balaban J connectivity index is 4.77. The van der Waals surface area contributed by atoms with Crippen molar-refractivity contribution in [1.82, 2.24) is 0 Å². The maximum atomic E-state index is 8.95. The third-order valence-corrected chi connectivity index (χ3v) is 12.6. The molecule has 0 N–H and O–H groups in total. The van der Waals surface area contributed by atoms with Gasteiger partial charge in [-0.1, -0.05) is 33.1 Å². The van der Waals surface area contributed by atoms with Gasteiger partial charge in [0.25, 0.3) is 0 Å². The lowest BCUT2D eigenvalue weighted by Gasteiger charge is -2.29. The number of nitrogens with zero attached hydrogens (tertiary/aromatic N) is 2. The van der Waals surface area contributed by atoms with Crippen molar-refractivity contribution in [3.05, 3.63) is 0 Å². The number of rotatable bonds is 2. The fourth-order valence-corrected chi connectivity index (χ4v) is 9.09. The Labute approximate surface area is 76.8 Å². The van der Waals surface area contributed by atoms with Gasteiger partial charge in [-0.25, -0.2) is 10.5 Å². The van der Waals surface area contributed by atoms with Crippen LogP contribution in [0.5, 0.6) is 0 Å². The minimum atomic E-state index is -1.79. The Morgan fingerprint density at radius 2 is 1.17 bits per heavy atom. The molecule has 0 atom stereocenters. The van der Waals surface area contributed by atoms with Gasteiger partial charge in [-0.2, -0.15) is 0 Å². The van der Waals surface area contributed by atoms with Gasteiger partial charge in [-0.05, 0) is 5.16 Å². The molecule has 0 rings (SSSR count). The van der Waals surface area contributed by atoms with Gasteiger partial charge in [-0.15, -0.1) is 0 Å². The summed E-state index contributed by atoms with van der Waals surface area (Å²) in [4.78, 5) is 0. The molecule has 0 aromatic rings. The first-order valence-corrected chi connectivity index (χ1v) is 10.3. The Morgan fingerprint density at radius 1 is 0.917 bits per heavy atom. The highest BCUT2D eigenvalue weighted by molar-refractivity contribution is 7.03. The van der Waals surface area contributed by atoms with Crippen molar-refractivity contribution in [2.45, 2.75) is 38.3 Å². The average Bonchev–Trinajstić information content (AvgIpc) is 2.03. The molecule has 0 spiro atoms. The zero-order valence-corrected chi connectivity index (χ0v) is 10.5. The van der Waals surface area contributed by atoms with E-state index in [1.807, 2.05) is 26.2 Å². The average molecular weight is 196 g/mol. The van der Waals surface area contributed by atoms with Crippen molar-refractivity contribution in [1.29, 1.82) is 10.5 Å². The Morgan fingerprint density at radius 3 is 1.33 bits per heavy atom. The van der Waals surface area contributed by atoms with E-state index in [0.717, 1.165) is 0 Å². The summed E-state index contributed by atoms with van der Waals surface area (Å²) in [7, 11) is -3.58. The zero-order valence-electron chi connectivity index (χ0n) is 8.47. The van der Waals surface area contributed by atoms with Gasteiger partial charge in [0.1, 0.15) is 0 Å². The predicted molar refractivity (Wildman–Crippen MR) is 55.6 cm³/mol. The Hall–Kier alpha value is -0.586. The van der Waals surface area contributed by atoms with Crippen molar-refractivity contribution in [3.8, 4) is 11.4 Å². The molecule has 0 unspecified atom stereocenters. The van der Waals surface area contributed by atoms with Crippen LogP contribution in [0.4, 0.5) is 0 Å². The van der Waals surface area contributed by atoms with E-state index in [1.165, 1.54) is 0 Å². The number of hydrogen-bond acceptors (Lipinski definition) is 2. The quantitative estimate of drug-likeness (QED) is 0.637. The normalized spacial score (nSPS) is 12.3. The first-order chi connectivity index (χ1) is 5.28. The van der Waals surface area contributed by atoms with Crippen molar-refractivity contribution < 1.29 is 0 Å². The van der Waals surface area contributed by atoms with Gasteiger partial charge >= 0.3 is 0 Å². The summed E-state index contributed by atoms with van der Waals surface area (Å²) in [6.07, 6.45) is 0. The van der Waals surface area contributed by atoms with Gasteiger partial charge in [0.15, 0.2) is 16.1 Å². The molecule has 0 heterocycles. The molecule has 0 aromatic carbocycles. The second kappa shape index (κ2) is 3.43. The van der Waals surface area contributed by atoms with Crippen LogP contribution in [0.1, 0.15) is 6.92 Å². The van der Waals surface area contributed by atoms with Gasteiger partial charge in [0, 0.05) is 11.4 Å². The molecule has 0 saturated heterocycles. The fourth-order valence-electron chi connectivity index (χ4n) is 1.10. The van der Waals surface area contributed by atoms with Crippen molar-refractivity contribution in [3.63, 3.8) is 0 Å². The summed E-state index contributed by atoms with van der Waals surface area (Å²) >= 11 is 0.